The van der Waals surface area contributed by atoms with Gasteiger partial charge in [-0.2, -0.15) is 0 Å². The molecule has 2 aromatic rings. The normalized spacial score (nSPS) is 10.1. The number of methoxy groups -OCH3 is 1. The Balaban J connectivity index is 2.48. The lowest BCUT2D eigenvalue weighted by Crippen LogP contribution is -1.97. The molecule has 0 aliphatic rings. The van der Waals surface area contributed by atoms with E-state index in [1.807, 2.05) is 18.2 Å². The van der Waals surface area contributed by atoms with Crippen LogP contribution in [-0.4, -0.2) is 23.2 Å². The minimum absolute atomic E-state index is 0.160. The molecule has 1 aromatic carbocycles. The molecule has 0 saturated carbocycles. The number of nitrogens with zero attached hydrogens (tertiary/aromatic N) is 1. The van der Waals surface area contributed by atoms with E-state index in [2.05, 4.69) is 20.9 Å². The summed E-state index contributed by atoms with van der Waals surface area (Å²) in [6, 6.07) is 8.75. The molecular formula is C13H10BrNO3. The Bertz CT molecular complexity index is 581. The zero-order valence-electron chi connectivity index (χ0n) is 9.55. The number of pyridine rings is 1. The molecule has 0 saturated heterocycles. The molecule has 5 heteroatoms. The Morgan fingerprint density at radius 3 is 2.67 bits per heavy atom. The highest BCUT2D eigenvalue weighted by Crippen LogP contribution is 2.31. The third-order valence-electron chi connectivity index (χ3n) is 2.45. The van der Waals surface area contributed by atoms with Gasteiger partial charge in [-0.1, -0.05) is 15.9 Å². The molecule has 2 rings (SSSR count). The number of carboxylic acids is 1. The van der Waals surface area contributed by atoms with Crippen molar-refractivity contribution >= 4 is 21.9 Å². The molecule has 0 aliphatic heterocycles. The summed E-state index contributed by atoms with van der Waals surface area (Å²) in [5, 5.41) is 8.82. The summed E-state index contributed by atoms with van der Waals surface area (Å²) in [6.45, 7) is 0. The number of rotatable bonds is 3. The largest absolute Gasteiger partial charge is 0.496 e. The molecule has 1 heterocycles. The minimum atomic E-state index is -0.991. The van der Waals surface area contributed by atoms with Crippen LogP contribution >= 0.6 is 15.9 Å². The van der Waals surface area contributed by atoms with Crippen LogP contribution < -0.4 is 4.74 Å². The summed E-state index contributed by atoms with van der Waals surface area (Å²) in [6.07, 6.45) is 1.33. The highest BCUT2D eigenvalue weighted by Gasteiger charge is 2.09. The molecule has 92 valence electrons. The van der Waals surface area contributed by atoms with Crippen LogP contribution in [-0.2, 0) is 0 Å². The maximum atomic E-state index is 10.8. The van der Waals surface area contributed by atoms with E-state index in [9.17, 15) is 4.79 Å². The second-order valence-corrected chi connectivity index (χ2v) is 4.50. The smallest absolute Gasteiger partial charge is 0.337 e. The average molecular weight is 308 g/mol. The van der Waals surface area contributed by atoms with E-state index < -0.39 is 5.97 Å². The van der Waals surface area contributed by atoms with Crippen molar-refractivity contribution in [2.45, 2.75) is 0 Å². The third kappa shape index (κ3) is 2.51. The van der Waals surface area contributed by atoms with E-state index in [4.69, 9.17) is 9.84 Å². The number of carbonyl (C=O) groups is 1. The van der Waals surface area contributed by atoms with E-state index in [0.29, 0.717) is 11.4 Å². The molecular weight excluding hydrogens is 298 g/mol. The van der Waals surface area contributed by atoms with E-state index in [1.54, 1.807) is 13.2 Å². The van der Waals surface area contributed by atoms with Gasteiger partial charge in [-0.25, -0.2) is 4.79 Å². The molecule has 18 heavy (non-hydrogen) atoms. The van der Waals surface area contributed by atoms with Gasteiger partial charge in [0.15, 0.2) is 0 Å². The fourth-order valence-corrected chi connectivity index (χ4v) is 1.92. The second kappa shape index (κ2) is 5.18. The molecule has 0 aliphatic carbocycles. The zero-order valence-corrected chi connectivity index (χ0v) is 11.1. The van der Waals surface area contributed by atoms with Crippen molar-refractivity contribution in [3.63, 3.8) is 0 Å². The van der Waals surface area contributed by atoms with Crippen molar-refractivity contribution in [3.05, 3.63) is 46.6 Å². The Morgan fingerprint density at radius 2 is 2.11 bits per heavy atom. The first kappa shape index (κ1) is 12.6. The van der Waals surface area contributed by atoms with E-state index in [1.165, 1.54) is 12.3 Å². The van der Waals surface area contributed by atoms with Crippen molar-refractivity contribution in [1.82, 2.24) is 4.98 Å². The first-order valence-corrected chi connectivity index (χ1v) is 5.94. The molecule has 0 radical (unpaired) electrons. The predicted molar refractivity (Wildman–Crippen MR) is 70.9 cm³/mol. The lowest BCUT2D eigenvalue weighted by Gasteiger charge is -2.08. The van der Waals surface area contributed by atoms with Gasteiger partial charge in [-0.3, -0.25) is 4.98 Å². The number of hydrogen-bond acceptors (Lipinski definition) is 3. The third-order valence-corrected chi connectivity index (χ3v) is 2.94. The van der Waals surface area contributed by atoms with Gasteiger partial charge in [-0.05, 0) is 30.3 Å². The van der Waals surface area contributed by atoms with Gasteiger partial charge in [0, 0.05) is 16.2 Å². The van der Waals surface area contributed by atoms with Crippen molar-refractivity contribution in [3.8, 4) is 17.0 Å². The summed E-state index contributed by atoms with van der Waals surface area (Å²) in [5.41, 5.74) is 1.63. The van der Waals surface area contributed by atoms with Crippen LogP contribution in [0.4, 0.5) is 0 Å². The first-order valence-electron chi connectivity index (χ1n) is 5.15. The molecule has 0 amide bonds. The number of ether oxygens (including phenoxy) is 1. The summed E-state index contributed by atoms with van der Waals surface area (Å²) in [7, 11) is 1.58. The summed E-state index contributed by atoms with van der Waals surface area (Å²) >= 11 is 3.38. The summed E-state index contributed by atoms with van der Waals surface area (Å²) < 4.78 is 6.16. The fourth-order valence-electron chi connectivity index (χ4n) is 1.56. The van der Waals surface area contributed by atoms with E-state index in [-0.39, 0.29) is 5.56 Å². The van der Waals surface area contributed by atoms with Gasteiger partial charge < -0.3 is 9.84 Å². The van der Waals surface area contributed by atoms with Gasteiger partial charge in [0.25, 0.3) is 0 Å². The van der Waals surface area contributed by atoms with Crippen molar-refractivity contribution in [2.75, 3.05) is 7.11 Å². The van der Waals surface area contributed by atoms with Crippen LogP contribution in [0.25, 0.3) is 11.3 Å². The Hall–Kier alpha value is -1.88. The number of aromatic carboxylic acids is 1. The maximum absolute atomic E-state index is 10.8. The Labute approximate surface area is 112 Å². The second-order valence-electron chi connectivity index (χ2n) is 3.58. The quantitative estimate of drug-likeness (QED) is 0.946. The SMILES string of the molecule is COc1ccc(Br)cc1-c1ccc(C(=O)O)cn1. The van der Waals surface area contributed by atoms with Crippen LogP contribution in [0.2, 0.25) is 0 Å². The maximum Gasteiger partial charge on any atom is 0.337 e. The van der Waals surface area contributed by atoms with E-state index in [0.717, 1.165) is 10.0 Å². The molecule has 1 aromatic heterocycles. The zero-order chi connectivity index (χ0) is 13.1. The molecule has 0 fully saturated rings. The van der Waals surface area contributed by atoms with Crippen molar-refractivity contribution in [2.24, 2.45) is 0 Å². The number of hydrogen-bond donors (Lipinski definition) is 1. The number of aromatic nitrogens is 1. The van der Waals surface area contributed by atoms with Crippen LogP contribution in [0.1, 0.15) is 10.4 Å². The van der Waals surface area contributed by atoms with Gasteiger partial charge in [-0.15, -0.1) is 0 Å². The standard InChI is InChI=1S/C13H10BrNO3/c1-18-12-5-3-9(14)6-10(12)11-4-2-8(7-15-11)13(16)17/h2-7H,1H3,(H,16,17). The van der Waals surface area contributed by atoms with Gasteiger partial charge in [0.1, 0.15) is 5.75 Å². The summed E-state index contributed by atoms with van der Waals surface area (Å²) in [5.74, 6) is -0.302. The first-order chi connectivity index (χ1) is 8.61. The fraction of sp³-hybridized carbons (Fsp3) is 0.0769. The molecule has 1 N–H and O–H groups in total. The number of benzene rings is 1. The Kier molecular flexibility index (Phi) is 3.62. The van der Waals surface area contributed by atoms with Crippen molar-refractivity contribution < 1.29 is 14.6 Å². The highest BCUT2D eigenvalue weighted by atomic mass is 79.9. The predicted octanol–water partition coefficient (Wildman–Crippen LogP) is 3.22. The van der Waals surface area contributed by atoms with Gasteiger partial charge in [0.2, 0.25) is 0 Å². The molecule has 0 unspecified atom stereocenters. The lowest BCUT2D eigenvalue weighted by atomic mass is 10.1. The number of halogens is 1. The lowest BCUT2D eigenvalue weighted by molar-refractivity contribution is 0.0696. The number of carboxylic acid groups (broad SMARTS) is 1. The monoisotopic (exact) mass is 307 g/mol. The van der Waals surface area contributed by atoms with Crippen LogP contribution in [0.5, 0.6) is 5.75 Å². The molecule has 0 bridgehead atoms. The Morgan fingerprint density at radius 1 is 1.33 bits per heavy atom. The van der Waals surface area contributed by atoms with Gasteiger partial charge >= 0.3 is 5.97 Å². The van der Waals surface area contributed by atoms with E-state index >= 15 is 0 Å². The summed E-state index contributed by atoms with van der Waals surface area (Å²) in [4.78, 5) is 14.9. The van der Waals surface area contributed by atoms with Crippen LogP contribution in [0, 0.1) is 0 Å². The van der Waals surface area contributed by atoms with Crippen molar-refractivity contribution in [1.29, 1.82) is 0 Å². The van der Waals surface area contributed by atoms with Crippen LogP contribution in [0.15, 0.2) is 41.0 Å². The minimum Gasteiger partial charge on any atom is -0.496 e. The average Bonchev–Trinajstić information content (AvgIpc) is 2.39. The molecule has 4 nitrogen and oxygen atoms in total. The molecule has 0 spiro atoms. The molecule has 0 atom stereocenters. The van der Waals surface area contributed by atoms with Gasteiger partial charge in [0.05, 0.1) is 18.4 Å². The topological polar surface area (TPSA) is 59.4 Å². The highest BCUT2D eigenvalue weighted by molar-refractivity contribution is 9.10. The van der Waals surface area contributed by atoms with Crippen LogP contribution in [0.3, 0.4) is 0 Å².